The Morgan fingerprint density at radius 2 is 1.67 bits per heavy atom. The zero-order chi connectivity index (χ0) is 16.9. The summed E-state index contributed by atoms with van der Waals surface area (Å²) in [7, 11) is 0. The number of rotatable bonds is 3. The number of carbonyl (C=O) groups is 1. The number of nitrogens with zero attached hydrogens (tertiary/aromatic N) is 2. The fraction of sp³-hybridized carbons (Fsp3) is 0.278. The number of hydrogen-bond acceptors (Lipinski definition) is 2. The number of piperazine rings is 1. The van der Waals surface area contributed by atoms with Crippen LogP contribution in [0.15, 0.2) is 48.5 Å². The van der Waals surface area contributed by atoms with Gasteiger partial charge in [-0.25, -0.2) is 13.6 Å². The van der Waals surface area contributed by atoms with Gasteiger partial charge < -0.3 is 15.1 Å². The highest BCUT2D eigenvalue weighted by Gasteiger charge is 2.21. The molecule has 1 aliphatic rings. The zero-order valence-electron chi connectivity index (χ0n) is 13.2. The van der Waals surface area contributed by atoms with Gasteiger partial charge in [-0.1, -0.05) is 12.1 Å². The summed E-state index contributed by atoms with van der Waals surface area (Å²) in [6, 6.07) is 12.4. The minimum absolute atomic E-state index is 0.155. The third-order valence-corrected chi connectivity index (χ3v) is 4.09. The molecule has 3 rings (SSSR count). The van der Waals surface area contributed by atoms with Crippen LogP contribution in [0, 0.1) is 11.6 Å². The summed E-state index contributed by atoms with van der Waals surface area (Å²) in [5.74, 6) is -0.566. The molecule has 0 aromatic heterocycles. The van der Waals surface area contributed by atoms with Gasteiger partial charge in [0.2, 0.25) is 0 Å². The Kier molecular flexibility index (Phi) is 4.93. The van der Waals surface area contributed by atoms with Gasteiger partial charge >= 0.3 is 6.03 Å². The largest absolute Gasteiger partial charge is 0.368 e. The number of hydrogen-bond donors (Lipinski definition) is 1. The highest BCUT2D eigenvalue weighted by atomic mass is 19.1. The summed E-state index contributed by atoms with van der Waals surface area (Å²) < 4.78 is 26.1. The van der Waals surface area contributed by atoms with Crippen LogP contribution in [0.5, 0.6) is 0 Å². The van der Waals surface area contributed by atoms with Crippen LogP contribution in [0.25, 0.3) is 0 Å². The fourth-order valence-corrected chi connectivity index (χ4v) is 2.76. The molecule has 0 bridgehead atoms. The highest BCUT2D eigenvalue weighted by Crippen LogP contribution is 2.17. The topological polar surface area (TPSA) is 35.6 Å². The van der Waals surface area contributed by atoms with E-state index < -0.39 is 0 Å². The lowest BCUT2D eigenvalue weighted by molar-refractivity contribution is 0.194. The molecule has 0 atom stereocenters. The minimum Gasteiger partial charge on any atom is -0.368 e. The molecule has 1 saturated heterocycles. The molecule has 24 heavy (non-hydrogen) atoms. The van der Waals surface area contributed by atoms with Gasteiger partial charge in [0.05, 0.1) is 0 Å². The first-order chi connectivity index (χ1) is 11.6. The molecule has 2 amide bonds. The van der Waals surface area contributed by atoms with Crippen LogP contribution in [0.1, 0.15) is 5.56 Å². The molecule has 1 heterocycles. The van der Waals surface area contributed by atoms with Crippen molar-refractivity contribution in [2.24, 2.45) is 0 Å². The van der Waals surface area contributed by atoms with Crippen molar-refractivity contribution in [2.45, 2.75) is 6.54 Å². The first kappa shape index (κ1) is 16.2. The Morgan fingerprint density at radius 3 is 2.33 bits per heavy atom. The van der Waals surface area contributed by atoms with Crippen LogP contribution in [0.4, 0.5) is 19.3 Å². The summed E-state index contributed by atoms with van der Waals surface area (Å²) in [5, 5.41) is 2.81. The predicted molar refractivity (Wildman–Crippen MR) is 88.8 cm³/mol. The fourth-order valence-electron chi connectivity index (χ4n) is 2.76. The smallest absolute Gasteiger partial charge is 0.317 e. The maximum absolute atomic E-state index is 13.1. The monoisotopic (exact) mass is 331 g/mol. The van der Waals surface area contributed by atoms with Crippen LogP contribution >= 0.6 is 0 Å². The summed E-state index contributed by atoms with van der Waals surface area (Å²) in [6.45, 7) is 2.87. The lowest BCUT2D eigenvalue weighted by Gasteiger charge is -2.36. The quantitative estimate of drug-likeness (QED) is 0.938. The van der Waals surface area contributed by atoms with Gasteiger partial charge in [-0.15, -0.1) is 0 Å². The van der Waals surface area contributed by atoms with E-state index in [1.54, 1.807) is 29.2 Å². The van der Waals surface area contributed by atoms with Gasteiger partial charge in [0, 0.05) is 38.4 Å². The van der Waals surface area contributed by atoms with E-state index in [9.17, 15) is 13.6 Å². The van der Waals surface area contributed by atoms with Crippen molar-refractivity contribution in [3.05, 3.63) is 65.7 Å². The molecule has 1 aliphatic heterocycles. The minimum atomic E-state index is -0.310. The van der Waals surface area contributed by atoms with Crippen LogP contribution in [-0.4, -0.2) is 37.1 Å². The van der Waals surface area contributed by atoms with Crippen molar-refractivity contribution < 1.29 is 13.6 Å². The SMILES string of the molecule is O=C(NCc1cccc(F)c1)N1CCN(c2ccc(F)cc2)CC1. The second-order valence-electron chi connectivity index (χ2n) is 5.74. The van der Waals surface area contributed by atoms with E-state index >= 15 is 0 Å². The Balaban J connectivity index is 1.49. The van der Waals surface area contributed by atoms with E-state index in [0.29, 0.717) is 32.7 Å². The predicted octanol–water partition coefficient (Wildman–Crippen LogP) is 3.00. The van der Waals surface area contributed by atoms with Crippen LogP contribution in [-0.2, 0) is 6.54 Å². The van der Waals surface area contributed by atoms with Crippen molar-refractivity contribution in [3.63, 3.8) is 0 Å². The summed E-state index contributed by atoms with van der Waals surface area (Å²) >= 11 is 0. The van der Waals surface area contributed by atoms with Gasteiger partial charge in [0.25, 0.3) is 0 Å². The molecule has 126 valence electrons. The summed E-state index contributed by atoms with van der Waals surface area (Å²) in [5.41, 5.74) is 1.68. The molecule has 1 fully saturated rings. The Morgan fingerprint density at radius 1 is 0.958 bits per heavy atom. The molecule has 0 aliphatic carbocycles. The molecule has 6 heteroatoms. The van der Waals surface area contributed by atoms with Crippen LogP contribution < -0.4 is 10.2 Å². The van der Waals surface area contributed by atoms with E-state index in [1.165, 1.54) is 24.3 Å². The number of benzene rings is 2. The number of urea groups is 1. The van der Waals surface area contributed by atoms with E-state index in [-0.39, 0.29) is 17.7 Å². The van der Waals surface area contributed by atoms with E-state index in [2.05, 4.69) is 10.2 Å². The average molecular weight is 331 g/mol. The Hall–Kier alpha value is -2.63. The number of carbonyl (C=O) groups excluding carboxylic acids is 1. The Bertz CT molecular complexity index is 698. The summed E-state index contributed by atoms with van der Waals surface area (Å²) in [6.07, 6.45) is 0. The molecule has 1 N–H and O–H groups in total. The number of nitrogens with one attached hydrogen (secondary N) is 1. The first-order valence-corrected chi connectivity index (χ1v) is 7.89. The molecule has 0 radical (unpaired) electrons. The zero-order valence-corrected chi connectivity index (χ0v) is 13.2. The van der Waals surface area contributed by atoms with Crippen molar-refractivity contribution >= 4 is 11.7 Å². The van der Waals surface area contributed by atoms with Crippen molar-refractivity contribution in [1.82, 2.24) is 10.2 Å². The second-order valence-corrected chi connectivity index (χ2v) is 5.74. The second kappa shape index (κ2) is 7.29. The first-order valence-electron chi connectivity index (χ1n) is 7.89. The maximum Gasteiger partial charge on any atom is 0.317 e. The molecule has 0 saturated carbocycles. The normalized spacial score (nSPS) is 14.6. The van der Waals surface area contributed by atoms with Gasteiger partial charge in [-0.05, 0) is 42.0 Å². The molecule has 4 nitrogen and oxygen atoms in total. The van der Waals surface area contributed by atoms with E-state index in [0.717, 1.165) is 11.3 Å². The molecular formula is C18H19F2N3O. The average Bonchev–Trinajstić information content (AvgIpc) is 2.61. The van der Waals surface area contributed by atoms with E-state index in [1.807, 2.05) is 0 Å². The Labute approximate surface area is 139 Å². The van der Waals surface area contributed by atoms with Crippen LogP contribution in [0.2, 0.25) is 0 Å². The molecule has 0 unspecified atom stereocenters. The molecule has 2 aromatic carbocycles. The molecule has 0 spiro atoms. The van der Waals surface area contributed by atoms with E-state index in [4.69, 9.17) is 0 Å². The lowest BCUT2D eigenvalue weighted by atomic mass is 10.2. The number of amides is 2. The van der Waals surface area contributed by atoms with Crippen molar-refractivity contribution in [3.8, 4) is 0 Å². The third-order valence-electron chi connectivity index (χ3n) is 4.09. The number of halogens is 2. The van der Waals surface area contributed by atoms with Crippen LogP contribution in [0.3, 0.4) is 0 Å². The lowest BCUT2D eigenvalue weighted by Crippen LogP contribution is -2.51. The van der Waals surface area contributed by atoms with Gasteiger partial charge in [-0.3, -0.25) is 0 Å². The van der Waals surface area contributed by atoms with Gasteiger partial charge in [-0.2, -0.15) is 0 Å². The van der Waals surface area contributed by atoms with Gasteiger partial charge in [0.15, 0.2) is 0 Å². The summed E-state index contributed by atoms with van der Waals surface area (Å²) in [4.78, 5) is 16.1. The van der Waals surface area contributed by atoms with Gasteiger partial charge in [0.1, 0.15) is 11.6 Å². The van der Waals surface area contributed by atoms with Crippen molar-refractivity contribution in [2.75, 3.05) is 31.1 Å². The maximum atomic E-state index is 13.1. The molecular weight excluding hydrogens is 312 g/mol. The molecule has 2 aromatic rings. The standard InChI is InChI=1S/C18H19F2N3O/c19-15-4-6-17(7-5-15)22-8-10-23(11-9-22)18(24)21-13-14-2-1-3-16(20)12-14/h1-7,12H,8-11,13H2,(H,21,24). The highest BCUT2D eigenvalue weighted by molar-refractivity contribution is 5.74. The number of anilines is 1. The van der Waals surface area contributed by atoms with Crippen molar-refractivity contribution in [1.29, 1.82) is 0 Å². The third kappa shape index (κ3) is 4.01.